The molecular weight excluding hydrogens is 400 g/mol. The number of nitrogens with zero attached hydrogens (tertiary/aromatic N) is 3. The number of pyridine rings is 1. The lowest BCUT2D eigenvalue weighted by atomic mass is 10.2. The Hall–Kier alpha value is -2.45. The number of carbonyl (C=O) groups is 1. The Kier molecular flexibility index (Phi) is 5.59. The Morgan fingerprint density at radius 2 is 2.11 bits per heavy atom. The van der Waals surface area contributed by atoms with Crippen molar-refractivity contribution in [1.82, 2.24) is 19.9 Å². The molecule has 0 saturated heterocycles. The molecule has 0 saturated carbocycles. The van der Waals surface area contributed by atoms with Gasteiger partial charge in [0, 0.05) is 19.3 Å². The van der Waals surface area contributed by atoms with E-state index in [1.165, 1.54) is 11.8 Å². The number of ether oxygens (including phenoxy) is 2. The van der Waals surface area contributed by atoms with Crippen molar-refractivity contribution in [3.05, 3.63) is 41.0 Å². The van der Waals surface area contributed by atoms with E-state index in [9.17, 15) is 4.79 Å². The first-order valence-corrected chi connectivity index (χ1v) is 10.3. The van der Waals surface area contributed by atoms with E-state index < -0.39 is 0 Å². The minimum absolute atomic E-state index is 0.0360. The standard InChI is InChI=1S/C19H19ClN4O3S/c1-2-24(10-12-3-4-15-16(7-12)27-6-5-26-15)17(25)11-28-19-22-14-8-13(20)9-21-18(14)23-19/h3-4,7-9H,2,5-6,10-11H2,1H3,(H,21,22,23). The van der Waals surface area contributed by atoms with E-state index in [0.29, 0.717) is 42.1 Å². The maximum absolute atomic E-state index is 12.7. The van der Waals surface area contributed by atoms with Gasteiger partial charge in [-0.3, -0.25) is 4.79 Å². The maximum Gasteiger partial charge on any atom is 0.233 e. The first-order chi connectivity index (χ1) is 13.6. The Labute approximate surface area is 171 Å². The largest absolute Gasteiger partial charge is 0.486 e. The van der Waals surface area contributed by atoms with Crippen molar-refractivity contribution in [1.29, 1.82) is 0 Å². The molecule has 1 aliphatic rings. The van der Waals surface area contributed by atoms with Crippen LogP contribution < -0.4 is 9.47 Å². The molecule has 1 N–H and O–H groups in total. The third-order valence-corrected chi connectivity index (χ3v) is 5.39. The molecule has 9 heteroatoms. The number of halogens is 1. The van der Waals surface area contributed by atoms with Gasteiger partial charge in [0.05, 0.1) is 16.3 Å². The molecule has 0 aliphatic carbocycles. The third kappa shape index (κ3) is 4.18. The highest BCUT2D eigenvalue weighted by atomic mass is 35.5. The SMILES string of the molecule is CCN(Cc1ccc2c(c1)OCCO2)C(=O)CSc1nc2ncc(Cl)cc2[nH]1. The van der Waals surface area contributed by atoms with Gasteiger partial charge in [-0.1, -0.05) is 29.4 Å². The molecule has 3 heterocycles. The number of imidazole rings is 1. The van der Waals surface area contributed by atoms with Crippen LogP contribution in [0.15, 0.2) is 35.6 Å². The fourth-order valence-electron chi connectivity index (χ4n) is 2.93. The minimum atomic E-state index is 0.0360. The minimum Gasteiger partial charge on any atom is -0.486 e. The van der Waals surface area contributed by atoms with Crippen LogP contribution in [0.3, 0.4) is 0 Å². The molecule has 1 aromatic carbocycles. The molecule has 28 heavy (non-hydrogen) atoms. The van der Waals surface area contributed by atoms with E-state index in [0.717, 1.165) is 22.6 Å². The second-order valence-electron chi connectivity index (χ2n) is 6.24. The van der Waals surface area contributed by atoms with Crippen molar-refractivity contribution >= 4 is 40.4 Å². The van der Waals surface area contributed by atoms with Crippen LogP contribution in [0.5, 0.6) is 11.5 Å². The van der Waals surface area contributed by atoms with Crippen molar-refractivity contribution < 1.29 is 14.3 Å². The summed E-state index contributed by atoms with van der Waals surface area (Å²) in [5.74, 6) is 1.80. The Morgan fingerprint density at radius 1 is 1.29 bits per heavy atom. The van der Waals surface area contributed by atoms with E-state index in [4.69, 9.17) is 21.1 Å². The Bertz CT molecular complexity index is 1010. The van der Waals surface area contributed by atoms with Crippen LogP contribution in [-0.2, 0) is 11.3 Å². The van der Waals surface area contributed by atoms with Gasteiger partial charge < -0.3 is 19.4 Å². The van der Waals surface area contributed by atoms with Crippen LogP contribution in [0.4, 0.5) is 0 Å². The number of aromatic amines is 1. The number of aromatic nitrogens is 3. The lowest BCUT2D eigenvalue weighted by Gasteiger charge is -2.23. The first-order valence-electron chi connectivity index (χ1n) is 8.92. The summed E-state index contributed by atoms with van der Waals surface area (Å²) in [4.78, 5) is 26.2. The van der Waals surface area contributed by atoms with Crippen LogP contribution in [0.1, 0.15) is 12.5 Å². The number of benzene rings is 1. The second kappa shape index (κ2) is 8.28. The highest BCUT2D eigenvalue weighted by Gasteiger charge is 2.17. The molecule has 2 aromatic heterocycles. The van der Waals surface area contributed by atoms with E-state index in [1.807, 2.05) is 25.1 Å². The molecular formula is C19H19ClN4O3S. The zero-order valence-electron chi connectivity index (χ0n) is 15.3. The molecule has 0 atom stereocenters. The lowest BCUT2D eigenvalue weighted by molar-refractivity contribution is -0.128. The molecule has 146 valence electrons. The van der Waals surface area contributed by atoms with Crippen molar-refractivity contribution in [2.45, 2.75) is 18.6 Å². The molecule has 1 aliphatic heterocycles. The van der Waals surface area contributed by atoms with E-state index in [1.54, 1.807) is 17.2 Å². The van der Waals surface area contributed by atoms with Crippen molar-refractivity contribution in [2.75, 3.05) is 25.5 Å². The van der Waals surface area contributed by atoms with Gasteiger partial charge in [-0.15, -0.1) is 0 Å². The average Bonchev–Trinajstić information content (AvgIpc) is 3.12. The van der Waals surface area contributed by atoms with Gasteiger partial charge in [-0.05, 0) is 30.7 Å². The summed E-state index contributed by atoms with van der Waals surface area (Å²) < 4.78 is 11.2. The second-order valence-corrected chi connectivity index (χ2v) is 7.64. The number of carbonyl (C=O) groups excluding carboxylic acids is 1. The topological polar surface area (TPSA) is 80.3 Å². The molecule has 4 rings (SSSR count). The summed E-state index contributed by atoms with van der Waals surface area (Å²) in [6.07, 6.45) is 1.55. The fraction of sp³-hybridized carbons (Fsp3) is 0.316. The molecule has 0 radical (unpaired) electrons. The number of hydrogen-bond acceptors (Lipinski definition) is 6. The molecule has 0 bridgehead atoms. The predicted octanol–water partition coefficient (Wildman–Crippen LogP) is 3.52. The first kappa shape index (κ1) is 18.9. The third-order valence-electron chi connectivity index (χ3n) is 4.33. The number of rotatable bonds is 6. The van der Waals surface area contributed by atoms with Gasteiger partial charge in [-0.2, -0.15) is 0 Å². The van der Waals surface area contributed by atoms with Crippen LogP contribution in [0.25, 0.3) is 11.2 Å². The zero-order valence-corrected chi connectivity index (χ0v) is 16.8. The van der Waals surface area contributed by atoms with Gasteiger partial charge >= 0.3 is 0 Å². The molecule has 3 aromatic rings. The number of amides is 1. The summed E-state index contributed by atoms with van der Waals surface area (Å²) in [5, 5.41) is 1.19. The zero-order chi connectivity index (χ0) is 19.5. The highest BCUT2D eigenvalue weighted by molar-refractivity contribution is 7.99. The number of fused-ring (bicyclic) bond motifs is 2. The van der Waals surface area contributed by atoms with Gasteiger partial charge in [0.25, 0.3) is 0 Å². The number of thioether (sulfide) groups is 1. The van der Waals surface area contributed by atoms with E-state index in [-0.39, 0.29) is 11.7 Å². The van der Waals surface area contributed by atoms with Crippen molar-refractivity contribution in [3.8, 4) is 11.5 Å². The van der Waals surface area contributed by atoms with Crippen LogP contribution >= 0.6 is 23.4 Å². The maximum atomic E-state index is 12.7. The number of H-pyrrole nitrogens is 1. The normalized spacial score (nSPS) is 12.9. The molecule has 0 spiro atoms. The van der Waals surface area contributed by atoms with Crippen LogP contribution in [0.2, 0.25) is 5.02 Å². The Morgan fingerprint density at radius 3 is 2.93 bits per heavy atom. The van der Waals surface area contributed by atoms with Crippen molar-refractivity contribution in [2.24, 2.45) is 0 Å². The summed E-state index contributed by atoms with van der Waals surface area (Å²) in [7, 11) is 0. The fourth-order valence-corrected chi connectivity index (χ4v) is 3.86. The van der Waals surface area contributed by atoms with Gasteiger partial charge in [-0.25, -0.2) is 9.97 Å². The molecule has 1 amide bonds. The van der Waals surface area contributed by atoms with Gasteiger partial charge in [0.1, 0.15) is 13.2 Å². The van der Waals surface area contributed by atoms with Gasteiger partial charge in [0.15, 0.2) is 22.3 Å². The summed E-state index contributed by atoms with van der Waals surface area (Å²) >= 11 is 7.29. The van der Waals surface area contributed by atoms with E-state index >= 15 is 0 Å². The monoisotopic (exact) mass is 418 g/mol. The molecule has 0 fully saturated rings. The summed E-state index contributed by atoms with van der Waals surface area (Å²) in [5.41, 5.74) is 2.35. The number of hydrogen-bond donors (Lipinski definition) is 1. The van der Waals surface area contributed by atoms with Gasteiger partial charge in [0.2, 0.25) is 5.91 Å². The van der Waals surface area contributed by atoms with Crippen LogP contribution in [0, 0.1) is 0 Å². The van der Waals surface area contributed by atoms with Crippen LogP contribution in [-0.4, -0.2) is 51.3 Å². The summed E-state index contributed by atoms with van der Waals surface area (Å²) in [6, 6.07) is 7.56. The molecule has 0 unspecified atom stereocenters. The van der Waals surface area contributed by atoms with Crippen molar-refractivity contribution in [3.63, 3.8) is 0 Å². The molecule has 7 nitrogen and oxygen atoms in total. The number of nitrogens with one attached hydrogen (secondary N) is 1. The Balaban J connectivity index is 1.39. The lowest BCUT2D eigenvalue weighted by Crippen LogP contribution is -2.31. The smallest absolute Gasteiger partial charge is 0.233 e. The van der Waals surface area contributed by atoms with E-state index in [2.05, 4.69) is 15.0 Å². The highest BCUT2D eigenvalue weighted by Crippen LogP contribution is 2.31. The quantitative estimate of drug-likeness (QED) is 0.617. The summed E-state index contributed by atoms with van der Waals surface area (Å²) in [6.45, 7) is 4.20. The average molecular weight is 419 g/mol. The predicted molar refractivity (Wildman–Crippen MR) is 108 cm³/mol.